The molecule has 0 aliphatic carbocycles. The molecule has 0 saturated carbocycles. The first-order valence-electron chi connectivity index (χ1n) is 7.50. The number of imidazole rings is 1. The summed E-state index contributed by atoms with van der Waals surface area (Å²) in [6, 6.07) is 6.11. The van der Waals surface area contributed by atoms with Gasteiger partial charge in [-0.1, -0.05) is 25.1 Å². The zero-order chi connectivity index (χ0) is 19.1. The van der Waals surface area contributed by atoms with Crippen molar-refractivity contribution in [3.8, 4) is 11.3 Å². The minimum atomic E-state index is -4.35. The van der Waals surface area contributed by atoms with Crippen molar-refractivity contribution in [2.45, 2.75) is 24.2 Å². The van der Waals surface area contributed by atoms with Crippen molar-refractivity contribution < 1.29 is 26.0 Å². The second-order valence-corrected chi connectivity index (χ2v) is 7.75. The third kappa shape index (κ3) is 3.05. The third-order valence-electron chi connectivity index (χ3n) is 3.85. The van der Waals surface area contributed by atoms with Crippen LogP contribution >= 0.6 is 0 Å². The Hall–Kier alpha value is -2.49. The van der Waals surface area contributed by atoms with Gasteiger partial charge in [0.15, 0.2) is 9.84 Å². The van der Waals surface area contributed by atoms with E-state index in [1.54, 1.807) is 12.1 Å². The van der Waals surface area contributed by atoms with Crippen molar-refractivity contribution in [3.63, 3.8) is 0 Å². The number of benzene rings is 1. The second kappa shape index (κ2) is 6.35. The van der Waals surface area contributed by atoms with Crippen molar-refractivity contribution in [1.82, 2.24) is 14.4 Å². The van der Waals surface area contributed by atoms with Crippen LogP contribution in [-0.2, 0) is 15.8 Å². The molecule has 0 aliphatic heterocycles. The maximum absolute atomic E-state index is 13.5. The number of alkyl halides is 4. The van der Waals surface area contributed by atoms with Crippen LogP contribution in [0.1, 0.15) is 12.5 Å². The first-order chi connectivity index (χ1) is 12.2. The Morgan fingerprint density at radius 1 is 1.19 bits per heavy atom. The third-order valence-corrected chi connectivity index (χ3v) is 5.63. The molecule has 3 rings (SSSR count). The van der Waals surface area contributed by atoms with Gasteiger partial charge in [0.1, 0.15) is 0 Å². The molecule has 10 heteroatoms. The summed E-state index contributed by atoms with van der Waals surface area (Å²) in [5.41, 5.74) is -0.497. The Kier molecular flexibility index (Phi) is 4.47. The van der Waals surface area contributed by atoms with E-state index in [0.717, 1.165) is 10.6 Å². The van der Waals surface area contributed by atoms with Gasteiger partial charge in [-0.15, -0.1) is 0 Å². The standard InChI is InChI=1S/C16H13F4N3O2S/c1-2-26(24,25)13-6-4-3-5-11(13)12-9-23-8-10(7-21-15(23)22-12)16(19,20)14(17)18/h3-9,14H,2H2,1H3. The number of hydrogen-bond donors (Lipinski definition) is 0. The van der Waals surface area contributed by atoms with Crippen LogP contribution in [0.25, 0.3) is 17.0 Å². The second-order valence-electron chi connectivity index (χ2n) is 5.50. The highest BCUT2D eigenvalue weighted by molar-refractivity contribution is 7.91. The van der Waals surface area contributed by atoms with Gasteiger partial charge in [-0.3, -0.25) is 4.40 Å². The predicted molar refractivity (Wildman–Crippen MR) is 86.0 cm³/mol. The molecule has 0 saturated heterocycles. The average Bonchev–Trinajstić information content (AvgIpc) is 3.04. The van der Waals surface area contributed by atoms with Crippen molar-refractivity contribution in [1.29, 1.82) is 0 Å². The first kappa shape index (κ1) is 18.3. The highest BCUT2D eigenvalue weighted by atomic mass is 32.2. The quantitative estimate of drug-likeness (QED) is 0.628. The SMILES string of the molecule is CCS(=O)(=O)c1ccccc1-c1cn2cc(C(F)(F)C(F)F)cnc2n1. The lowest BCUT2D eigenvalue weighted by atomic mass is 10.2. The van der Waals surface area contributed by atoms with Crippen LogP contribution in [0.3, 0.4) is 0 Å². The zero-order valence-corrected chi connectivity index (χ0v) is 14.2. The summed E-state index contributed by atoms with van der Waals surface area (Å²) in [5, 5.41) is 0. The maximum Gasteiger partial charge on any atom is 0.335 e. The summed E-state index contributed by atoms with van der Waals surface area (Å²) in [6.07, 6.45) is -1.16. The fraction of sp³-hybridized carbons (Fsp3) is 0.250. The Morgan fingerprint density at radius 3 is 2.54 bits per heavy atom. The summed E-state index contributed by atoms with van der Waals surface area (Å²) in [6.45, 7) is 1.50. The van der Waals surface area contributed by atoms with Crippen LogP contribution in [-0.4, -0.2) is 35.0 Å². The van der Waals surface area contributed by atoms with Crippen molar-refractivity contribution in [2.24, 2.45) is 0 Å². The Morgan fingerprint density at radius 2 is 1.88 bits per heavy atom. The molecular weight excluding hydrogens is 374 g/mol. The van der Waals surface area contributed by atoms with E-state index < -0.39 is 27.7 Å². The van der Waals surface area contributed by atoms with Gasteiger partial charge in [-0.2, -0.15) is 8.78 Å². The predicted octanol–water partition coefficient (Wildman–Crippen LogP) is 3.55. The van der Waals surface area contributed by atoms with Crippen LogP contribution in [0.5, 0.6) is 0 Å². The van der Waals surface area contributed by atoms with Gasteiger partial charge in [0.05, 0.1) is 21.9 Å². The van der Waals surface area contributed by atoms with Gasteiger partial charge in [0.2, 0.25) is 5.78 Å². The minimum absolute atomic E-state index is 0.0162. The Bertz CT molecular complexity index is 1060. The van der Waals surface area contributed by atoms with Gasteiger partial charge < -0.3 is 0 Å². The normalized spacial score (nSPS) is 12.8. The van der Waals surface area contributed by atoms with Crippen LogP contribution in [0.15, 0.2) is 47.8 Å². The highest BCUT2D eigenvalue weighted by Gasteiger charge is 2.43. The van der Waals surface area contributed by atoms with E-state index in [-0.39, 0.29) is 27.7 Å². The molecule has 0 amide bonds. The molecule has 138 valence electrons. The monoisotopic (exact) mass is 387 g/mol. The molecule has 2 heterocycles. The van der Waals surface area contributed by atoms with E-state index in [2.05, 4.69) is 9.97 Å². The summed E-state index contributed by atoms with van der Waals surface area (Å²) in [5.74, 6) is -4.49. The van der Waals surface area contributed by atoms with E-state index in [4.69, 9.17) is 0 Å². The molecule has 26 heavy (non-hydrogen) atoms. The lowest BCUT2D eigenvalue weighted by Crippen LogP contribution is -2.24. The highest BCUT2D eigenvalue weighted by Crippen LogP contribution is 2.34. The molecule has 0 aliphatic rings. The van der Waals surface area contributed by atoms with Gasteiger partial charge >= 0.3 is 12.3 Å². The molecule has 0 fully saturated rings. The van der Waals surface area contributed by atoms with Gasteiger partial charge in [-0.25, -0.2) is 27.2 Å². The number of rotatable bonds is 5. The van der Waals surface area contributed by atoms with Gasteiger partial charge in [-0.05, 0) is 6.07 Å². The van der Waals surface area contributed by atoms with E-state index in [0.29, 0.717) is 6.20 Å². The lowest BCUT2D eigenvalue weighted by Gasteiger charge is -2.14. The van der Waals surface area contributed by atoms with Crippen molar-refractivity contribution in [2.75, 3.05) is 5.75 Å². The first-order valence-corrected chi connectivity index (χ1v) is 9.15. The Balaban J connectivity index is 2.15. The maximum atomic E-state index is 13.5. The van der Waals surface area contributed by atoms with E-state index in [9.17, 15) is 26.0 Å². The van der Waals surface area contributed by atoms with Crippen molar-refractivity contribution >= 4 is 15.6 Å². The molecule has 0 N–H and O–H groups in total. The molecule has 0 atom stereocenters. The number of sulfone groups is 1. The molecule has 1 aromatic carbocycles. The number of nitrogens with zero attached hydrogens (tertiary/aromatic N) is 3. The summed E-state index contributed by atoms with van der Waals surface area (Å²) in [4.78, 5) is 7.84. The number of aromatic nitrogens is 3. The number of fused-ring (bicyclic) bond motifs is 1. The van der Waals surface area contributed by atoms with E-state index >= 15 is 0 Å². The molecule has 0 unspecified atom stereocenters. The van der Waals surface area contributed by atoms with Gasteiger partial charge in [0, 0.05) is 24.2 Å². The molecule has 0 bridgehead atoms. The van der Waals surface area contributed by atoms with E-state index in [1.807, 2.05) is 0 Å². The number of halogens is 4. The van der Waals surface area contributed by atoms with Crippen LogP contribution in [0, 0.1) is 0 Å². The molecule has 3 aromatic rings. The summed E-state index contributed by atoms with van der Waals surface area (Å²) < 4.78 is 77.6. The molecule has 2 aromatic heterocycles. The fourth-order valence-electron chi connectivity index (χ4n) is 2.42. The largest absolute Gasteiger partial charge is 0.335 e. The zero-order valence-electron chi connectivity index (χ0n) is 13.4. The molecule has 0 radical (unpaired) electrons. The van der Waals surface area contributed by atoms with Crippen LogP contribution in [0.4, 0.5) is 17.6 Å². The van der Waals surface area contributed by atoms with Gasteiger partial charge in [0.25, 0.3) is 0 Å². The lowest BCUT2D eigenvalue weighted by molar-refractivity contribution is -0.135. The average molecular weight is 387 g/mol. The summed E-state index contributed by atoms with van der Waals surface area (Å²) >= 11 is 0. The van der Waals surface area contributed by atoms with E-state index in [1.165, 1.54) is 25.3 Å². The topological polar surface area (TPSA) is 64.3 Å². The number of hydrogen-bond acceptors (Lipinski definition) is 4. The summed E-state index contributed by atoms with van der Waals surface area (Å²) in [7, 11) is -3.55. The molecule has 5 nitrogen and oxygen atoms in total. The smallest absolute Gasteiger partial charge is 0.290 e. The van der Waals surface area contributed by atoms with Crippen molar-refractivity contribution in [3.05, 3.63) is 48.4 Å². The van der Waals surface area contributed by atoms with Crippen LogP contribution < -0.4 is 0 Å². The molecular formula is C16H13F4N3O2S. The van der Waals surface area contributed by atoms with Crippen LogP contribution in [0.2, 0.25) is 0 Å². The Labute approximate surface area is 146 Å². The minimum Gasteiger partial charge on any atom is -0.290 e. The molecule has 0 spiro atoms. The fourth-order valence-corrected chi connectivity index (χ4v) is 3.52.